The summed E-state index contributed by atoms with van der Waals surface area (Å²) in [7, 11) is 2.11. The van der Waals surface area contributed by atoms with Crippen LogP contribution in [0.25, 0.3) is 10.2 Å². The van der Waals surface area contributed by atoms with Crippen molar-refractivity contribution >= 4 is 39.2 Å². The van der Waals surface area contributed by atoms with Crippen molar-refractivity contribution in [3.63, 3.8) is 0 Å². The number of hydrogen-bond donors (Lipinski definition) is 0. The molecule has 0 saturated carbocycles. The molecule has 1 aliphatic heterocycles. The van der Waals surface area contributed by atoms with Crippen molar-refractivity contribution in [1.29, 1.82) is 0 Å². The zero-order valence-electron chi connectivity index (χ0n) is 14.8. The van der Waals surface area contributed by atoms with Crippen LogP contribution in [0.4, 0.5) is 0 Å². The lowest BCUT2D eigenvalue weighted by atomic mass is 9.89. The first kappa shape index (κ1) is 17.2. The Kier molecular flexibility index (Phi) is 4.97. The van der Waals surface area contributed by atoms with E-state index < -0.39 is 0 Å². The maximum absolute atomic E-state index is 12.5. The number of amides is 1. The average Bonchev–Trinajstić information content (AvgIpc) is 2.98. The summed E-state index contributed by atoms with van der Waals surface area (Å²) in [4.78, 5) is 28.3. The standard InChI is InChI=1S/C18H24N4OS2/c1-12-3-4-13-14(9-12)25-18-16(13)17(19-11-20-18)24-10-15(23)22-7-5-21(2)6-8-22/h11-12H,3-10H2,1-2H3/t12-/m1/s1. The van der Waals surface area contributed by atoms with Crippen molar-refractivity contribution < 1.29 is 4.79 Å². The lowest BCUT2D eigenvalue weighted by Crippen LogP contribution is -2.47. The SMILES string of the molecule is C[C@@H]1CCc2c(sc3ncnc(SCC(=O)N4CCN(C)CC4)c23)C1. The lowest BCUT2D eigenvalue weighted by Gasteiger charge is -2.32. The molecular weight excluding hydrogens is 352 g/mol. The van der Waals surface area contributed by atoms with Crippen molar-refractivity contribution in [1.82, 2.24) is 19.8 Å². The van der Waals surface area contributed by atoms with Gasteiger partial charge >= 0.3 is 0 Å². The minimum Gasteiger partial charge on any atom is -0.339 e. The van der Waals surface area contributed by atoms with Crippen molar-refractivity contribution in [2.75, 3.05) is 39.0 Å². The van der Waals surface area contributed by atoms with Crippen LogP contribution < -0.4 is 0 Å². The predicted octanol–water partition coefficient (Wildman–Crippen LogP) is 2.68. The van der Waals surface area contributed by atoms with Gasteiger partial charge in [0.05, 0.1) is 5.75 Å². The molecule has 1 aliphatic carbocycles. The molecule has 0 aromatic carbocycles. The van der Waals surface area contributed by atoms with Crippen LogP contribution in [0, 0.1) is 5.92 Å². The molecule has 0 unspecified atom stereocenters. The van der Waals surface area contributed by atoms with Gasteiger partial charge in [-0.05, 0) is 37.8 Å². The number of aryl methyl sites for hydroxylation is 1. The number of carbonyl (C=O) groups is 1. The normalized spacial score (nSPS) is 21.5. The van der Waals surface area contributed by atoms with Gasteiger partial charge in [0.15, 0.2) is 0 Å². The number of thioether (sulfide) groups is 1. The van der Waals surface area contributed by atoms with E-state index in [1.165, 1.54) is 22.2 Å². The van der Waals surface area contributed by atoms with Gasteiger partial charge in [-0.2, -0.15) is 0 Å². The van der Waals surface area contributed by atoms with Crippen molar-refractivity contribution in [3.05, 3.63) is 16.8 Å². The summed E-state index contributed by atoms with van der Waals surface area (Å²) < 4.78 is 0. The van der Waals surface area contributed by atoms with Crippen molar-refractivity contribution in [3.8, 4) is 0 Å². The van der Waals surface area contributed by atoms with E-state index in [1.807, 2.05) is 16.2 Å². The van der Waals surface area contributed by atoms with Crippen LogP contribution >= 0.6 is 23.1 Å². The van der Waals surface area contributed by atoms with Gasteiger partial charge in [-0.15, -0.1) is 11.3 Å². The smallest absolute Gasteiger partial charge is 0.233 e. The Bertz CT molecular complexity index is 783. The Hall–Kier alpha value is -1.18. The van der Waals surface area contributed by atoms with E-state index in [0.29, 0.717) is 5.75 Å². The Balaban J connectivity index is 1.51. The molecule has 7 heteroatoms. The number of piperazine rings is 1. The Morgan fingerprint density at radius 3 is 2.92 bits per heavy atom. The summed E-state index contributed by atoms with van der Waals surface area (Å²) in [5.74, 6) is 1.45. The zero-order valence-corrected chi connectivity index (χ0v) is 16.5. The molecule has 1 fully saturated rings. The van der Waals surface area contributed by atoms with Gasteiger partial charge in [0, 0.05) is 36.4 Å². The number of thiophene rings is 1. The highest BCUT2D eigenvalue weighted by atomic mass is 32.2. The number of likely N-dealkylation sites (N-methyl/N-ethyl adjacent to an activating group) is 1. The fourth-order valence-corrected chi connectivity index (χ4v) is 5.98. The molecule has 2 aromatic heterocycles. The molecule has 0 bridgehead atoms. The minimum absolute atomic E-state index is 0.225. The van der Waals surface area contributed by atoms with E-state index in [9.17, 15) is 4.79 Å². The highest BCUT2D eigenvalue weighted by molar-refractivity contribution is 8.00. The van der Waals surface area contributed by atoms with Crippen LogP contribution in [0.2, 0.25) is 0 Å². The van der Waals surface area contributed by atoms with Crippen LogP contribution in [0.5, 0.6) is 0 Å². The Morgan fingerprint density at radius 1 is 1.32 bits per heavy atom. The van der Waals surface area contributed by atoms with Gasteiger partial charge in [-0.1, -0.05) is 18.7 Å². The number of hydrogen-bond acceptors (Lipinski definition) is 6. The van der Waals surface area contributed by atoms with Crippen LogP contribution in [0.15, 0.2) is 11.4 Å². The molecule has 0 radical (unpaired) electrons. The van der Waals surface area contributed by atoms with Gasteiger partial charge in [-0.25, -0.2) is 9.97 Å². The molecule has 0 N–H and O–H groups in total. The predicted molar refractivity (Wildman–Crippen MR) is 103 cm³/mol. The Labute approximate surface area is 156 Å². The summed E-state index contributed by atoms with van der Waals surface area (Å²) in [6, 6.07) is 0. The van der Waals surface area contributed by atoms with Gasteiger partial charge in [0.2, 0.25) is 5.91 Å². The highest BCUT2D eigenvalue weighted by Crippen LogP contribution is 2.40. The monoisotopic (exact) mass is 376 g/mol. The number of aromatic nitrogens is 2. The Morgan fingerprint density at radius 2 is 2.12 bits per heavy atom. The molecule has 2 aromatic rings. The molecule has 1 saturated heterocycles. The molecule has 134 valence electrons. The molecule has 4 rings (SSSR count). The quantitative estimate of drug-likeness (QED) is 0.609. The summed E-state index contributed by atoms with van der Waals surface area (Å²) in [5, 5.41) is 2.20. The topological polar surface area (TPSA) is 49.3 Å². The van der Waals surface area contributed by atoms with E-state index in [2.05, 4.69) is 28.8 Å². The van der Waals surface area contributed by atoms with Gasteiger partial charge in [0.1, 0.15) is 16.2 Å². The maximum Gasteiger partial charge on any atom is 0.233 e. The van der Waals surface area contributed by atoms with Gasteiger partial charge in [0.25, 0.3) is 0 Å². The first-order chi connectivity index (χ1) is 12.1. The molecule has 2 aliphatic rings. The third-order valence-corrected chi connectivity index (χ3v) is 7.38. The van der Waals surface area contributed by atoms with Crippen LogP contribution in [0.1, 0.15) is 23.8 Å². The largest absolute Gasteiger partial charge is 0.339 e. The molecule has 25 heavy (non-hydrogen) atoms. The summed E-state index contributed by atoms with van der Waals surface area (Å²) in [6.07, 6.45) is 5.15. The van der Waals surface area contributed by atoms with E-state index in [-0.39, 0.29) is 5.91 Å². The van der Waals surface area contributed by atoms with Crippen molar-refractivity contribution in [2.45, 2.75) is 31.2 Å². The summed E-state index contributed by atoms with van der Waals surface area (Å²) in [6.45, 7) is 5.92. The fourth-order valence-electron chi connectivity index (χ4n) is 3.63. The number of nitrogens with zero attached hydrogens (tertiary/aromatic N) is 4. The zero-order chi connectivity index (χ0) is 17.4. The highest BCUT2D eigenvalue weighted by Gasteiger charge is 2.24. The minimum atomic E-state index is 0.225. The lowest BCUT2D eigenvalue weighted by molar-refractivity contribution is -0.129. The number of carbonyl (C=O) groups excluding carboxylic acids is 1. The maximum atomic E-state index is 12.5. The second-order valence-corrected chi connectivity index (χ2v) is 9.23. The second kappa shape index (κ2) is 7.21. The van der Waals surface area contributed by atoms with E-state index in [0.717, 1.165) is 54.8 Å². The molecule has 5 nitrogen and oxygen atoms in total. The molecule has 1 amide bonds. The van der Waals surface area contributed by atoms with Crippen LogP contribution in [0.3, 0.4) is 0 Å². The van der Waals surface area contributed by atoms with Gasteiger partial charge < -0.3 is 9.80 Å². The second-order valence-electron chi connectivity index (χ2n) is 7.18. The van der Waals surface area contributed by atoms with E-state index in [1.54, 1.807) is 18.1 Å². The van der Waals surface area contributed by atoms with Crippen molar-refractivity contribution in [2.24, 2.45) is 5.92 Å². The molecule has 1 atom stereocenters. The third-order valence-electron chi connectivity index (χ3n) is 5.25. The molecule has 0 spiro atoms. The van der Waals surface area contributed by atoms with E-state index >= 15 is 0 Å². The van der Waals surface area contributed by atoms with Crippen LogP contribution in [-0.4, -0.2) is 64.7 Å². The van der Waals surface area contributed by atoms with Gasteiger partial charge in [-0.3, -0.25) is 4.79 Å². The van der Waals surface area contributed by atoms with E-state index in [4.69, 9.17) is 0 Å². The summed E-state index contributed by atoms with van der Waals surface area (Å²) in [5.41, 5.74) is 1.44. The third kappa shape index (κ3) is 3.55. The summed E-state index contributed by atoms with van der Waals surface area (Å²) >= 11 is 3.40. The first-order valence-corrected chi connectivity index (χ1v) is 10.8. The number of fused-ring (bicyclic) bond motifs is 3. The fraction of sp³-hybridized carbons (Fsp3) is 0.611. The molecular formula is C18H24N4OS2. The first-order valence-electron chi connectivity index (χ1n) is 8.96. The van der Waals surface area contributed by atoms with Crippen LogP contribution in [-0.2, 0) is 17.6 Å². The average molecular weight is 377 g/mol. The molecule has 3 heterocycles. The number of rotatable bonds is 3.